The van der Waals surface area contributed by atoms with E-state index in [2.05, 4.69) is 36.9 Å². The van der Waals surface area contributed by atoms with Crippen molar-refractivity contribution in [3.63, 3.8) is 0 Å². The summed E-state index contributed by atoms with van der Waals surface area (Å²) in [6.07, 6.45) is 7.15. The summed E-state index contributed by atoms with van der Waals surface area (Å²) in [5, 5.41) is 22.8. The van der Waals surface area contributed by atoms with E-state index in [1.807, 2.05) is 0 Å². The molecule has 2 heterocycles. The minimum absolute atomic E-state index is 0.249. The molecule has 8 nitrogen and oxygen atoms in total. The van der Waals surface area contributed by atoms with Crippen LogP contribution < -0.4 is 5.32 Å². The van der Waals surface area contributed by atoms with Crippen LogP contribution in [-0.2, 0) is 4.79 Å². The van der Waals surface area contributed by atoms with Gasteiger partial charge in [-0.1, -0.05) is 12.1 Å². The number of halogens is 1. The first-order chi connectivity index (χ1) is 12.5. The molecule has 3 rings (SSSR count). The zero-order valence-corrected chi connectivity index (χ0v) is 14.3. The second kappa shape index (κ2) is 7.39. The van der Waals surface area contributed by atoms with Gasteiger partial charge in [-0.3, -0.25) is 4.79 Å². The van der Waals surface area contributed by atoms with E-state index in [-0.39, 0.29) is 17.5 Å². The molecule has 1 N–H and O–H groups in total. The number of hydrogen-bond donors (Lipinski definition) is 1. The molecule has 0 saturated heterocycles. The van der Waals surface area contributed by atoms with E-state index in [0.717, 1.165) is 0 Å². The maximum Gasteiger partial charge on any atom is 0.246 e. The van der Waals surface area contributed by atoms with Gasteiger partial charge in [0.25, 0.3) is 0 Å². The zero-order chi connectivity index (χ0) is 18.6. The summed E-state index contributed by atoms with van der Waals surface area (Å²) in [5.74, 6) is 2.18. The van der Waals surface area contributed by atoms with Crippen LogP contribution >= 0.6 is 0 Å². The lowest BCUT2D eigenvalue weighted by atomic mass is 10.0. The fourth-order valence-electron chi connectivity index (χ4n) is 2.44. The number of nitrogens with zero attached hydrogens (tertiary/aromatic N) is 6. The summed E-state index contributed by atoms with van der Waals surface area (Å²) in [6.45, 7) is 2.08. The van der Waals surface area contributed by atoms with Crippen molar-refractivity contribution >= 4 is 5.91 Å². The second-order valence-corrected chi connectivity index (χ2v) is 6.05. The highest BCUT2D eigenvalue weighted by atomic mass is 19.1. The van der Waals surface area contributed by atoms with E-state index < -0.39 is 11.7 Å². The minimum Gasteiger partial charge on any atom is -0.354 e. The largest absolute Gasteiger partial charge is 0.354 e. The van der Waals surface area contributed by atoms with E-state index in [9.17, 15) is 9.18 Å². The molecule has 0 spiro atoms. The van der Waals surface area contributed by atoms with E-state index in [4.69, 9.17) is 6.42 Å². The SMILES string of the molecule is C#CCCC1(CCNC(=O)C(C)n2nnc(-c3cccc(F)c3)n2)N=N1. The number of tetrazole rings is 1. The Morgan fingerprint density at radius 2 is 2.23 bits per heavy atom. The van der Waals surface area contributed by atoms with Crippen molar-refractivity contribution in [3.05, 3.63) is 30.1 Å². The summed E-state index contributed by atoms with van der Waals surface area (Å²) >= 11 is 0. The number of carbonyl (C=O) groups is 1. The highest BCUT2D eigenvalue weighted by Crippen LogP contribution is 2.36. The first-order valence-electron chi connectivity index (χ1n) is 8.24. The molecule has 1 atom stereocenters. The van der Waals surface area contributed by atoms with Crippen LogP contribution in [0.3, 0.4) is 0 Å². The van der Waals surface area contributed by atoms with Crippen LogP contribution in [0.5, 0.6) is 0 Å². The van der Waals surface area contributed by atoms with E-state index in [1.54, 1.807) is 19.1 Å². The van der Waals surface area contributed by atoms with Crippen LogP contribution in [-0.4, -0.2) is 38.3 Å². The van der Waals surface area contributed by atoms with Crippen molar-refractivity contribution in [2.45, 2.75) is 37.9 Å². The van der Waals surface area contributed by atoms with Gasteiger partial charge in [0.2, 0.25) is 11.7 Å². The Morgan fingerprint density at radius 1 is 1.42 bits per heavy atom. The second-order valence-electron chi connectivity index (χ2n) is 6.05. The lowest BCUT2D eigenvalue weighted by Gasteiger charge is -2.12. The van der Waals surface area contributed by atoms with E-state index in [1.165, 1.54) is 16.9 Å². The topological polar surface area (TPSA) is 97.4 Å². The Hall–Kier alpha value is -3.15. The average Bonchev–Trinajstić information content (AvgIpc) is 3.23. The Bertz CT molecular complexity index is 864. The Kier molecular flexibility index (Phi) is 5.02. The Labute approximate surface area is 149 Å². The van der Waals surface area contributed by atoms with Gasteiger partial charge in [-0.2, -0.15) is 15.0 Å². The van der Waals surface area contributed by atoms with Gasteiger partial charge < -0.3 is 5.32 Å². The molecule has 0 fully saturated rings. The molecule has 1 aliphatic heterocycles. The Balaban J connectivity index is 1.53. The van der Waals surface area contributed by atoms with Crippen LogP contribution in [0.4, 0.5) is 4.39 Å². The van der Waals surface area contributed by atoms with Crippen LogP contribution in [0.25, 0.3) is 11.4 Å². The minimum atomic E-state index is -0.653. The number of benzene rings is 1. The molecular formula is C17H18FN7O. The van der Waals surface area contributed by atoms with Gasteiger partial charge in [0.1, 0.15) is 11.9 Å². The number of hydrogen-bond acceptors (Lipinski definition) is 6. The molecule has 1 aromatic carbocycles. The number of terminal acetylenes is 1. The summed E-state index contributed by atoms with van der Waals surface area (Å²) in [5.41, 5.74) is 0.0649. The summed E-state index contributed by atoms with van der Waals surface area (Å²) in [7, 11) is 0. The van der Waals surface area contributed by atoms with Gasteiger partial charge >= 0.3 is 0 Å². The first kappa shape index (κ1) is 17.7. The van der Waals surface area contributed by atoms with Gasteiger partial charge in [-0.25, -0.2) is 4.39 Å². The molecule has 2 aromatic rings. The third-order valence-electron chi connectivity index (χ3n) is 4.11. The number of carbonyl (C=O) groups excluding carboxylic acids is 1. The van der Waals surface area contributed by atoms with Crippen molar-refractivity contribution in [2.24, 2.45) is 10.2 Å². The third-order valence-corrected chi connectivity index (χ3v) is 4.11. The van der Waals surface area contributed by atoms with E-state index in [0.29, 0.717) is 31.4 Å². The first-order valence-corrected chi connectivity index (χ1v) is 8.24. The standard InChI is InChI=1S/C17H18FN7O/c1-3-4-8-17(22-23-17)9-10-19-16(26)12(2)25-21-15(20-24-25)13-6-5-7-14(18)11-13/h1,5-7,11-12H,4,8-10H2,2H3,(H,19,26). The molecule has 0 saturated carbocycles. The van der Waals surface area contributed by atoms with Crippen molar-refractivity contribution in [1.82, 2.24) is 25.5 Å². The van der Waals surface area contributed by atoms with Crippen molar-refractivity contribution in [1.29, 1.82) is 0 Å². The smallest absolute Gasteiger partial charge is 0.246 e. The fourth-order valence-corrected chi connectivity index (χ4v) is 2.44. The van der Waals surface area contributed by atoms with Gasteiger partial charge in [0.05, 0.1) is 0 Å². The molecule has 1 aromatic heterocycles. The van der Waals surface area contributed by atoms with E-state index >= 15 is 0 Å². The van der Waals surface area contributed by atoms with Crippen molar-refractivity contribution < 1.29 is 9.18 Å². The molecule has 1 unspecified atom stereocenters. The molecule has 134 valence electrons. The number of aromatic nitrogens is 4. The lowest BCUT2D eigenvalue weighted by molar-refractivity contribution is -0.124. The number of amides is 1. The molecule has 0 bridgehead atoms. The maximum absolute atomic E-state index is 13.3. The molecule has 9 heteroatoms. The quantitative estimate of drug-likeness (QED) is 0.734. The van der Waals surface area contributed by atoms with Crippen LogP contribution in [0, 0.1) is 18.2 Å². The monoisotopic (exact) mass is 355 g/mol. The highest BCUT2D eigenvalue weighted by molar-refractivity contribution is 5.79. The number of nitrogens with one attached hydrogen (secondary N) is 1. The van der Waals surface area contributed by atoms with Gasteiger partial charge in [-0.15, -0.1) is 22.5 Å². The predicted octanol–water partition coefficient (Wildman–Crippen LogP) is 2.12. The molecular weight excluding hydrogens is 337 g/mol. The maximum atomic E-state index is 13.3. The zero-order valence-electron chi connectivity index (χ0n) is 14.3. The van der Waals surface area contributed by atoms with Crippen molar-refractivity contribution in [2.75, 3.05) is 6.54 Å². The molecule has 0 radical (unpaired) electrons. The summed E-state index contributed by atoms with van der Waals surface area (Å²) in [6, 6.07) is 5.22. The highest BCUT2D eigenvalue weighted by Gasteiger charge is 2.38. The average molecular weight is 355 g/mol. The Morgan fingerprint density at radius 3 is 2.92 bits per heavy atom. The van der Waals surface area contributed by atoms with Gasteiger partial charge in [0, 0.05) is 31.4 Å². The van der Waals surface area contributed by atoms with Gasteiger partial charge in [-0.05, 0) is 24.3 Å². The fraction of sp³-hybridized carbons (Fsp3) is 0.412. The third kappa shape index (κ3) is 4.08. The van der Waals surface area contributed by atoms with Crippen LogP contribution in [0.15, 0.2) is 34.5 Å². The summed E-state index contributed by atoms with van der Waals surface area (Å²) in [4.78, 5) is 13.5. The molecule has 26 heavy (non-hydrogen) atoms. The van der Waals surface area contributed by atoms with Crippen LogP contribution in [0.1, 0.15) is 32.2 Å². The molecule has 1 aliphatic rings. The normalized spacial score (nSPS) is 15.3. The predicted molar refractivity (Wildman–Crippen MR) is 91.2 cm³/mol. The molecule has 1 amide bonds. The van der Waals surface area contributed by atoms with Crippen LogP contribution in [0.2, 0.25) is 0 Å². The molecule has 0 aliphatic carbocycles. The lowest BCUT2D eigenvalue weighted by Crippen LogP contribution is -2.34. The van der Waals surface area contributed by atoms with Crippen molar-refractivity contribution in [3.8, 4) is 23.7 Å². The summed E-state index contributed by atoms with van der Waals surface area (Å²) < 4.78 is 13.3. The number of rotatable bonds is 8. The van der Waals surface area contributed by atoms with Gasteiger partial charge in [0.15, 0.2) is 5.66 Å².